The molecule has 0 aromatic carbocycles. The van der Waals surface area contributed by atoms with Gasteiger partial charge in [0, 0.05) is 25.2 Å². The molecule has 0 aromatic heterocycles. The van der Waals surface area contributed by atoms with Gasteiger partial charge in [0.25, 0.3) is 0 Å². The van der Waals surface area contributed by atoms with E-state index in [1.165, 1.54) is 5.57 Å². The van der Waals surface area contributed by atoms with Gasteiger partial charge in [-0.2, -0.15) is 0 Å². The molecule has 2 atom stereocenters. The van der Waals surface area contributed by atoms with Crippen molar-refractivity contribution in [3.63, 3.8) is 0 Å². The van der Waals surface area contributed by atoms with Crippen molar-refractivity contribution < 1.29 is 4.74 Å². The predicted octanol–water partition coefficient (Wildman–Crippen LogP) is 2.04. The number of morpholine rings is 1. The molecule has 17 heavy (non-hydrogen) atoms. The molecule has 100 valence electrons. The third-order valence-corrected chi connectivity index (χ3v) is 3.56. The normalized spacial score (nSPS) is 23.9. The van der Waals surface area contributed by atoms with Crippen molar-refractivity contribution in [3.05, 3.63) is 12.2 Å². The fourth-order valence-electron chi connectivity index (χ4n) is 2.33. The Morgan fingerprint density at radius 3 is 2.76 bits per heavy atom. The van der Waals surface area contributed by atoms with Crippen LogP contribution in [0.2, 0.25) is 0 Å². The molecule has 0 amide bonds. The largest absolute Gasteiger partial charge is 0.374 e. The average molecular weight is 240 g/mol. The van der Waals surface area contributed by atoms with Crippen LogP contribution in [0.25, 0.3) is 0 Å². The minimum Gasteiger partial charge on any atom is -0.374 e. The molecule has 0 bridgehead atoms. The molecule has 0 aliphatic carbocycles. The summed E-state index contributed by atoms with van der Waals surface area (Å²) in [6.07, 6.45) is 2.51. The van der Waals surface area contributed by atoms with Crippen molar-refractivity contribution in [3.8, 4) is 0 Å². The van der Waals surface area contributed by atoms with Crippen LogP contribution in [0.4, 0.5) is 0 Å². The molecule has 1 N–H and O–H groups in total. The number of ether oxygens (including phenoxy) is 1. The van der Waals surface area contributed by atoms with Crippen molar-refractivity contribution in [2.24, 2.45) is 0 Å². The van der Waals surface area contributed by atoms with Crippen LogP contribution in [0.1, 0.15) is 33.6 Å². The first-order valence-corrected chi connectivity index (χ1v) is 6.72. The topological polar surface area (TPSA) is 24.5 Å². The number of rotatable bonds is 6. The Hall–Kier alpha value is -0.380. The van der Waals surface area contributed by atoms with E-state index in [1.54, 1.807) is 0 Å². The van der Waals surface area contributed by atoms with E-state index >= 15 is 0 Å². The predicted molar refractivity (Wildman–Crippen MR) is 73.3 cm³/mol. The number of nitrogens with one attached hydrogen (secondary N) is 1. The Morgan fingerprint density at radius 1 is 1.53 bits per heavy atom. The third-order valence-electron chi connectivity index (χ3n) is 3.56. The molecule has 0 saturated carbocycles. The highest BCUT2D eigenvalue weighted by Gasteiger charge is 2.27. The molecule has 1 heterocycles. The monoisotopic (exact) mass is 240 g/mol. The SMILES string of the molecule is C=C(C)CCC(NC)C1CN(C(C)C)CCO1. The molecular weight excluding hydrogens is 212 g/mol. The lowest BCUT2D eigenvalue weighted by molar-refractivity contribution is -0.0553. The Balaban J connectivity index is 2.47. The van der Waals surface area contributed by atoms with Crippen LogP contribution in [-0.4, -0.2) is 49.8 Å². The maximum Gasteiger partial charge on any atom is 0.0855 e. The molecule has 3 nitrogen and oxygen atoms in total. The lowest BCUT2D eigenvalue weighted by Gasteiger charge is -2.39. The molecule has 1 fully saturated rings. The van der Waals surface area contributed by atoms with Gasteiger partial charge in [0.15, 0.2) is 0 Å². The number of hydrogen-bond donors (Lipinski definition) is 1. The summed E-state index contributed by atoms with van der Waals surface area (Å²) >= 11 is 0. The van der Waals surface area contributed by atoms with Crippen LogP contribution >= 0.6 is 0 Å². The summed E-state index contributed by atoms with van der Waals surface area (Å²) in [6, 6.07) is 1.05. The molecule has 1 aliphatic heterocycles. The highest BCUT2D eigenvalue weighted by molar-refractivity contribution is 4.92. The van der Waals surface area contributed by atoms with E-state index < -0.39 is 0 Å². The minimum atomic E-state index is 0.315. The summed E-state index contributed by atoms with van der Waals surface area (Å²) in [6.45, 7) is 13.5. The fourth-order valence-corrected chi connectivity index (χ4v) is 2.33. The highest BCUT2D eigenvalue weighted by Crippen LogP contribution is 2.16. The standard InChI is InChI=1S/C14H28N2O/c1-11(2)6-7-13(15-5)14-10-16(12(3)4)8-9-17-14/h12-15H,1,6-10H2,2-5H3. The van der Waals surface area contributed by atoms with Gasteiger partial charge in [-0.3, -0.25) is 4.90 Å². The van der Waals surface area contributed by atoms with Gasteiger partial charge in [-0.05, 0) is 40.7 Å². The second-order valence-electron chi connectivity index (χ2n) is 5.39. The van der Waals surface area contributed by atoms with E-state index in [0.29, 0.717) is 18.2 Å². The zero-order valence-electron chi connectivity index (χ0n) is 11.8. The molecule has 0 radical (unpaired) electrons. The number of likely N-dealkylation sites (N-methyl/N-ethyl adjacent to an activating group) is 1. The zero-order chi connectivity index (χ0) is 12.8. The number of hydrogen-bond acceptors (Lipinski definition) is 3. The van der Waals surface area contributed by atoms with Gasteiger partial charge in [0.1, 0.15) is 0 Å². The summed E-state index contributed by atoms with van der Waals surface area (Å²) < 4.78 is 5.91. The second kappa shape index (κ2) is 7.14. The smallest absolute Gasteiger partial charge is 0.0855 e. The molecular formula is C14H28N2O. The highest BCUT2D eigenvalue weighted by atomic mass is 16.5. The minimum absolute atomic E-state index is 0.315. The summed E-state index contributed by atoms with van der Waals surface area (Å²) in [5.74, 6) is 0. The van der Waals surface area contributed by atoms with Gasteiger partial charge >= 0.3 is 0 Å². The van der Waals surface area contributed by atoms with Crippen LogP contribution < -0.4 is 5.32 Å². The van der Waals surface area contributed by atoms with Crippen molar-refractivity contribution in [1.82, 2.24) is 10.2 Å². The van der Waals surface area contributed by atoms with Gasteiger partial charge in [-0.15, -0.1) is 6.58 Å². The van der Waals surface area contributed by atoms with Crippen LogP contribution in [0, 0.1) is 0 Å². The molecule has 1 aliphatic rings. The maximum absolute atomic E-state index is 5.91. The van der Waals surface area contributed by atoms with Gasteiger partial charge in [0.05, 0.1) is 12.7 Å². The van der Waals surface area contributed by atoms with Crippen LogP contribution in [0.3, 0.4) is 0 Å². The first kappa shape index (κ1) is 14.7. The van der Waals surface area contributed by atoms with Gasteiger partial charge in [0.2, 0.25) is 0 Å². The van der Waals surface area contributed by atoms with Crippen molar-refractivity contribution in [2.75, 3.05) is 26.7 Å². The third kappa shape index (κ3) is 4.78. The molecule has 2 unspecified atom stereocenters. The Bertz CT molecular complexity index is 240. The van der Waals surface area contributed by atoms with Crippen LogP contribution in [0.5, 0.6) is 0 Å². The van der Waals surface area contributed by atoms with Gasteiger partial charge in [-0.1, -0.05) is 5.57 Å². The van der Waals surface area contributed by atoms with E-state index in [0.717, 1.165) is 32.5 Å². The Morgan fingerprint density at radius 2 is 2.24 bits per heavy atom. The summed E-state index contributed by atoms with van der Waals surface area (Å²) in [5, 5.41) is 3.39. The first-order chi connectivity index (χ1) is 8.04. The number of allylic oxidation sites excluding steroid dienone is 1. The molecule has 0 spiro atoms. The van der Waals surface area contributed by atoms with Gasteiger partial charge in [-0.25, -0.2) is 0 Å². The second-order valence-corrected chi connectivity index (χ2v) is 5.39. The van der Waals surface area contributed by atoms with Gasteiger partial charge < -0.3 is 10.1 Å². The number of nitrogens with zero attached hydrogens (tertiary/aromatic N) is 1. The lowest BCUT2D eigenvalue weighted by Crippen LogP contribution is -2.53. The van der Waals surface area contributed by atoms with E-state index in [9.17, 15) is 0 Å². The molecule has 3 heteroatoms. The fraction of sp³-hybridized carbons (Fsp3) is 0.857. The van der Waals surface area contributed by atoms with E-state index in [1.807, 2.05) is 7.05 Å². The van der Waals surface area contributed by atoms with Crippen LogP contribution in [0.15, 0.2) is 12.2 Å². The summed E-state index contributed by atoms with van der Waals surface area (Å²) in [5.41, 5.74) is 1.25. The van der Waals surface area contributed by atoms with E-state index in [2.05, 4.69) is 37.6 Å². The molecule has 1 saturated heterocycles. The van der Waals surface area contributed by atoms with E-state index in [4.69, 9.17) is 4.74 Å². The Labute approximate surface area is 106 Å². The first-order valence-electron chi connectivity index (χ1n) is 6.72. The van der Waals surface area contributed by atoms with Crippen molar-refractivity contribution >= 4 is 0 Å². The summed E-state index contributed by atoms with van der Waals surface area (Å²) in [7, 11) is 2.03. The Kier molecular flexibility index (Phi) is 6.17. The molecule has 1 rings (SSSR count). The maximum atomic E-state index is 5.91. The van der Waals surface area contributed by atoms with Crippen molar-refractivity contribution in [1.29, 1.82) is 0 Å². The van der Waals surface area contributed by atoms with Crippen molar-refractivity contribution in [2.45, 2.75) is 51.8 Å². The summed E-state index contributed by atoms with van der Waals surface area (Å²) in [4.78, 5) is 2.50. The molecule has 0 aromatic rings. The van der Waals surface area contributed by atoms with E-state index in [-0.39, 0.29) is 0 Å². The zero-order valence-corrected chi connectivity index (χ0v) is 11.8. The van der Waals surface area contributed by atoms with Crippen LogP contribution in [-0.2, 0) is 4.74 Å². The quantitative estimate of drug-likeness (QED) is 0.719. The average Bonchev–Trinajstić information content (AvgIpc) is 2.30. The lowest BCUT2D eigenvalue weighted by atomic mass is 10.0.